The van der Waals surface area contributed by atoms with Crippen LogP contribution >= 0.6 is 11.9 Å². The van der Waals surface area contributed by atoms with Gasteiger partial charge in [-0.1, -0.05) is 12.1 Å². The molecule has 0 N–H and O–H groups in total. The smallest absolute Gasteiger partial charge is 0.339 e. The minimum atomic E-state index is -0.403. The fourth-order valence-corrected chi connectivity index (χ4v) is 1.85. The van der Waals surface area contributed by atoms with Crippen LogP contribution in [0.3, 0.4) is 0 Å². The lowest BCUT2D eigenvalue weighted by atomic mass is 10.2. The van der Waals surface area contributed by atoms with E-state index in [0.29, 0.717) is 10.5 Å². The highest BCUT2D eigenvalue weighted by atomic mass is 32.2. The summed E-state index contributed by atoms with van der Waals surface area (Å²) in [5.74, 6) is -0.482. The predicted molar refractivity (Wildman–Crippen MR) is 62.1 cm³/mol. The summed E-state index contributed by atoms with van der Waals surface area (Å²) in [6.45, 7) is 1.47. The maximum atomic E-state index is 11.4. The van der Waals surface area contributed by atoms with Gasteiger partial charge in [0.1, 0.15) is 0 Å². The summed E-state index contributed by atoms with van der Waals surface area (Å²) in [7, 11) is 2.99. The van der Waals surface area contributed by atoms with Gasteiger partial charge in [-0.2, -0.15) is 0 Å². The first-order chi connectivity index (χ1) is 7.56. The van der Waals surface area contributed by atoms with Crippen molar-refractivity contribution >= 4 is 23.8 Å². The van der Waals surface area contributed by atoms with Gasteiger partial charge in [-0.15, -0.1) is 0 Å². The van der Waals surface area contributed by atoms with E-state index < -0.39 is 5.97 Å². The van der Waals surface area contributed by atoms with Crippen molar-refractivity contribution in [2.45, 2.75) is 11.8 Å². The number of methoxy groups -OCH3 is 1. The first-order valence-electron chi connectivity index (χ1n) is 4.66. The number of esters is 1. The average Bonchev–Trinajstić information content (AvgIpc) is 2.28. The number of amides is 1. The molecule has 0 bridgehead atoms. The van der Waals surface area contributed by atoms with Crippen molar-refractivity contribution in [1.82, 2.24) is 4.31 Å². The van der Waals surface area contributed by atoms with Gasteiger partial charge >= 0.3 is 5.97 Å². The predicted octanol–water partition coefficient (Wildman–Crippen LogP) is 1.96. The van der Waals surface area contributed by atoms with Gasteiger partial charge < -0.3 is 4.74 Å². The molecule has 4 nitrogen and oxygen atoms in total. The Bertz CT molecular complexity index is 406. The first-order valence-corrected chi connectivity index (χ1v) is 5.43. The lowest BCUT2D eigenvalue weighted by molar-refractivity contribution is -0.123. The highest BCUT2D eigenvalue weighted by Gasteiger charge is 2.14. The van der Waals surface area contributed by atoms with Crippen molar-refractivity contribution in [3.8, 4) is 0 Å². The standard InChI is InChI=1S/C11H13NO3S/c1-8(13)12(2)16-10-7-5-4-6-9(10)11(14)15-3/h4-7H,1-3H3. The van der Waals surface area contributed by atoms with Crippen molar-refractivity contribution < 1.29 is 14.3 Å². The van der Waals surface area contributed by atoms with E-state index in [9.17, 15) is 9.59 Å². The molecule has 16 heavy (non-hydrogen) atoms. The Balaban J connectivity index is 2.95. The first kappa shape index (κ1) is 12.6. The summed E-state index contributed by atoms with van der Waals surface area (Å²) < 4.78 is 6.12. The molecule has 1 aromatic carbocycles. The SMILES string of the molecule is COC(=O)c1ccccc1SN(C)C(C)=O. The Kier molecular flexibility index (Phi) is 4.37. The number of hydrogen-bond donors (Lipinski definition) is 0. The number of ether oxygens (including phenoxy) is 1. The Morgan fingerprint density at radius 2 is 1.94 bits per heavy atom. The monoisotopic (exact) mass is 239 g/mol. The fourth-order valence-electron chi connectivity index (χ4n) is 1.04. The third-order valence-corrected chi connectivity index (χ3v) is 3.05. The van der Waals surface area contributed by atoms with Crippen LogP contribution in [0.25, 0.3) is 0 Å². The zero-order valence-corrected chi connectivity index (χ0v) is 10.2. The number of nitrogens with zero attached hydrogens (tertiary/aromatic N) is 1. The zero-order valence-electron chi connectivity index (χ0n) is 9.39. The molecule has 0 aromatic heterocycles. The minimum Gasteiger partial charge on any atom is -0.465 e. The van der Waals surface area contributed by atoms with Gasteiger partial charge in [0.15, 0.2) is 0 Å². The van der Waals surface area contributed by atoms with Crippen LogP contribution in [-0.4, -0.2) is 30.3 Å². The lowest BCUT2D eigenvalue weighted by Gasteiger charge is -2.14. The van der Waals surface area contributed by atoms with E-state index >= 15 is 0 Å². The van der Waals surface area contributed by atoms with E-state index in [4.69, 9.17) is 0 Å². The van der Waals surface area contributed by atoms with E-state index in [1.54, 1.807) is 25.2 Å². The molecule has 0 radical (unpaired) electrons. The van der Waals surface area contributed by atoms with Gasteiger partial charge in [0.2, 0.25) is 5.91 Å². The molecule has 0 spiro atoms. The van der Waals surface area contributed by atoms with Crippen LogP contribution in [0.5, 0.6) is 0 Å². The number of hydrogen-bond acceptors (Lipinski definition) is 4. The topological polar surface area (TPSA) is 46.6 Å². The van der Waals surface area contributed by atoms with Gasteiger partial charge in [-0.3, -0.25) is 9.10 Å². The molecule has 0 saturated heterocycles. The Morgan fingerprint density at radius 1 is 1.31 bits per heavy atom. The highest BCUT2D eigenvalue weighted by molar-refractivity contribution is 7.97. The number of carbonyl (C=O) groups is 2. The molecule has 1 rings (SSSR count). The molecule has 0 aliphatic carbocycles. The molecule has 0 saturated carbocycles. The summed E-state index contributed by atoms with van der Waals surface area (Å²) in [6, 6.07) is 7.01. The van der Waals surface area contributed by atoms with Gasteiger partial charge in [0, 0.05) is 18.9 Å². The quantitative estimate of drug-likeness (QED) is 0.597. The normalized spacial score (nSPS) is 9.69. The van der Waals surface area contributed by atoms with E-state index in [0.717, 1.165) is 0 Å². The van der Waals surface area contributed by atoms with Gasteiger partial charge in [0.25, 0.3) is 0 Å². The second-order valence-electron chi connectivity index (χ2n) is 3.10. The summed E-state index contributed by atoms with van der Waals surface area (Å²) in [5.41, 5.74) is 0.461. The van der Waals surface area contributed by atoms with Gasteiger partial charge in [-0.05, 0) is 24.1 Å². The Labute approximate surface area is 98.7 Å². The van der Waals surface area contributed by atoms with E-state index in [2.05, 4.69) is 4.74 Å². The molecule has 86 valence electrons. The zero-order chi connectivity index (χ0) is 12.1. The molecule has 0 fully saturated rings. The lowest BCUT2D eigenvalue weighted by Crippen LogP contribution is -2.16. The van der Waals surface area contributed by atoms with E-state index in [1.807, 2.05) is 6.07 Å². The van der Waals surface area contributed by atoms with Gasteiger partial charge in [0.05, 0.1) is 12.7 Å². The van der Waals surface area contributed by atoms with Crippen LogP contribution in [0, 0.1) is 0 Å². The summed E-state index contributed by atoms with van der Waals surface area (Å²) >= 11 is 1.20. The molecule has 0 unspecified atom stereocenters. The second kappa shape index (κ2) is 5.55. The Morgan fingerprint density at radius 3 is 2.50 bits per heavy atom. The van der Waals surface area contributed by atoms with Crippen LogP contribution in [0.2, 0.25) is 0 Å². The van der Waals surface area contributed by atoms with Crippen LogP contribution < -0.4 is 0 Å². The third kappa shape index (κ3) is 3.00. The molecular formula is C11H13NO3S. The van der Waals surface area contributed by atoms with Crippen LogP contribution in [0.15, 0.2) is 29.2 Å². The Hall–Kier alpha value is -1.49. The molecule has 1 amide bonds. The largest absolute Gasteiger partial charge is 0.465 e. The maximum absolute atomic E-state index is 11.4. The molecule has 0 heterocycles. The molecule has 0 aliphatic rings. The van der Waals surface area contributed by atoms with Crippen molar-refractivity contribution in [2.75, 3.05) is 14.2 Å². The van der Waals surface area contributed by atoms with E-state index in [1.165, 1.54) is 30.3 Å². The average molecular weight is 239 g/mol. The molecule has 1 aromatic rings. The van der Waals surface area contributed by atoms with Crippen LogP contribution in [0.4, 0.5) is 0 Å². The van der Waals surface area contributed by atoms with Crippen LogP contribution in [-0.2, 0) is 9.53 Å². The molecule has 5 heteroatoms. The number of rotatable bonds is 3. The van der Waals surface area contributed by atoms with Crippen molar-refractivity contribution in [3.05, 3.63) is 29.8 Å². The van der Waals surface area contributed by atoms with Crippen molar-refractivity contribution in [1.29, 1.82) is 0 Å². The summed E-state index contributed by atoms with van der Waals surface area (Å²) in [5, 5.41) is 0. The third-order valence-electron chi connectivity index (χ3n) is 1.97. The van der Waals surface area contributed by atoms with Crippen molar-refractivity contribution in [2.24, 2.45) is 0 Å². The van der Waals surface area contributed by atoms with Crippen LogP contribution in [0.1, 0.15) is 17.3 Å². The number of benzene rings is 1. The second-order valence-corrected chi connectivity index (χ2v) is 4.27. The molecule has 0 aliphatic heterocycles. The number of carbonyl (C=O) groups excluding carboxylic acids is 2. The van der Waals surface area contributed by atoms with E-state index in [-0.39, 0.29) is 5.91 Å². The highest BCUT2D eigenvalue weighted by Crippen LogP contribution is 2.25. The summed E-state index contributed by atoms with van der Waals surface area (Å²) in [4.78, 5) is 23.2. The maximum Gasteiger partial charge on any atom is 0.339 e. The molecule has 0 atom stereocenters. The summed E-state index contributed by atoms with van der Waals surface area (Å²) in [6.07, 6.45) is 0. The fraction of sp³-hybridized carbons (Fsp3) is 0.273. The van der Waals surface area contributed by atoms with Crippen molar-refractivity contribution in [3.63, 3.8) is 0 Å². The molecular weight excluding hydrogens is 226 g/mol. The van der Waals surface area contributed by atoms with Gasteiger partial charge in [-0.25, -0.2) is 4.79 Å². The minimum absolute atomic E-state index is 0.0790.